The van der Waals surface area contributed by atoms with Gasteiger partial charge in [-0.15, -0.1) is 0 Å². The molecule has 1 saturated heterocycles. The van der Waals surface area contributed by atoms with Gasteiger partial charge in [0.05, 0.1) is 5.56 Å². The number of likely N-dealkylation sites (tertiary alicyclic amines) is 1. The van der Waals surface area contributed by atoms with Crippen molar-refractivity contribution in [2.75, 3.05) is 18.4 Å². The van der Waals surface area contributed by atoms with E-state index in [0.717, 1.165) is 43.6 Å². The number of hydrogen-bond acceptors (Lipinski definition) is 2. The summed E-state index contributed by atoms with van der Waals surface area (Å²) in [5.74, 6) is 0.170. The van der Waals surface area contributed by atoms with Crippen molar-refractivity contribution in [3.8, 4) is 0 Å². The monoisotopic (exact) mass is 260 g/mol. The van der Waals surface area contributed by atoms with Gasteiger partial charge >= 0.3 is 0 Å². The molecule has 104 valence electrons. The number of carbonyl (C=O) groups excluding carboxylic acids is 1. The molecule has 19 heavy (non-hydrogen) atoms. The summed E-state index contributed by atoms with van der Waals surface area (Å²) < 4.78 is 0. The van der Waals surface area contributed by atoms with Gasteiger partial charge in [0.1, 0.15) is 0 Å². The number of hydrogen-bond donors (Lipinski definition) is 1. The molecule has 1 aromatic rings. The summed E-state index contributed by atoms with van der Waals surface area (Å²) >= 11 is 0. The summed E-state index contributed by atoms with van der Waals surface area (Å²) in [7, 11) is 0. The lowest BCUT2D eigenvalue weighted by atomic mass is 10.1. The van der Waals surface area contributed by atoms with Gasteiger partial charge in [0.2, 0.25) is 0 Å². The van der Waals surface area contributed by atoms with Crippen LogP contribution in [0, 0.1) is 6.92 Å². The highest BCUT2D eigenvalue weighted by atomic mass is 16.2. The molecule has 0 bridgehead atoms. The molecule has 0 spiro atoms. The first-order valence-corrected chi connectivity index (χ1v) is 7.29. The van der Waals surface area contributed by atoms with Crippen LogP contribution in [0.1, 0.15) is 49.0 Å². The maximum absolute atomic E-state index is 12.6. The highest BCUT2D eigenvalue weighted by Crippen LogP contribution is 2.24. The zero-order chi connectivity index (χ0) is 13.8. The normalized spacial score (nSPS) is 18.7. The summed E-state index contributed by atoms with van der Waals surface area (Å²) in [5, 5.41) is 3.38. The molecular formula is C16H24N2O. The number of nitrogens with zero attached hydrogens (tertiary/aromatic N) is 1. The van der Waals surface area contributed by atoms with Gasteiger partial charge in [0.25, 0.3) is 5.91 Å². The van der Waals surface area contributed by atoms with Crippen LogP contribution in [0.25, 0.3) is 0 Å². The summed E-state index contributed by atoms with van der Waals surface area (Å²) in [6.45, 7) is 8.12. The topological polar surface area (TPSA) is 32.3 Å². The Hall–Kier alpha value is -1.51. The van der Waals surface area contributed by atoms with Gasteiger partial charge in [-0.1, -0.05) is 13.0 Å². The molecule has 0 aliphatic carbocycles. The molecule has 1 aromatic carbocycles. The average Bonchev–Trinajstić information content (AvgIpc) is 2.82. The molecule has 1 amide bonds. The molecule has 0 saturated carbocycles. The predicted molar refractivity (Wildman–Crippen MR) is 79.7 cm³/mol. The van der Waals surface area contributed by atoms with Crippen molar-refractivity contribution in [2.24, 2.45) is 0 Å². The highest BCUT2D eigenvalue weighted by Gasteiger charge is 2.27. The lowest BCUT2D eigenvalue weighted by Gasteiger charge is -2.23. The minimum Gasteiger partial charge on any atom is -0.384 e. The van der Waals surface area contributed by atoms with E-state index in [1.165, 1.54) is 5.56 Å². The number of aryl methyl sites for hydroxylation is 1. The molecule has 1 atom stereocenters. The van der Waals surface area contributed by atoms with Gasteiger partial charge in [0, 0.05) is 24.8 Å². The van der Waals surface area contributed by atoms with Crippen LogP contribution in [-0.2, 0) is 0 Å². The first kappa shape index (κ1) is 13.9. The zero-order valence-electron chi connectivity index (χ0n) is 12.2. The summed E-state index contributed by atoms with van der Waals surface area (Å²) in [5.41, 5.74) is 2.98. The van der Waals surface area contributed by atoms with Crippen molar-refractivity contribution < 1.29 is 4.79 Å². The molecule has 0 radical (unpaired) electrons. The van der Waals surface area contributed by atoms with Gasteiger partial charge in [-0.25, -0.2) is 0 Å². The molecule has 1 aliphatic rings. The third-order valence-corrected chi connectivity index (χ3v) is 3.78. The Morgan fingerprint density at radius 3 is 2.89 bits per heavy atom. The largest absolute Gasteiger partial charge is 0.384 e. The standard InChI is InChI=1S/C16H24N2O/c1-4-9-17-15-11-12(2)7-8-14(15)16(19)18-10-5-6-13(18)3/h7-8,11,13,17H,4-6,9-10H2,1-3H3. The van der Waals surface area contributed by atoms with E-state index in [1.54, 1.807) is 0 Å². The minimum absolute atomic E-state index is 0.170. The van der Waals surface area contributed by atoms with Gasteiger partial charge < -0.3 is 10.2 Å². The molecule has 0 aromatic heterocycles. The lowest BCUT2D eigenvalue weighted by Crippen LogP contribution is -2.34. The molecule has 1 aliphatic heterocycles. The third-order valence-electron chi connectivity index (χ3n) is 3.78. The number of rotatable bonds is 4. The molecular weight excluding hydrogens is 236 g/mol. The second-order valence-corrected chi connectivity index (χ2v) is 5.47. The van der Waals surface area contributed by atoms with Crippen LogP contribution in [0.5, 0.6) is 0 Å². The molecule has 1 N–H and O–H groups in total. The van der Waals surface area contributed by atoms with E-state index in [-0.39, 0.29) is 5.91 Å². The van der Waals surface area contributed by atoms with Gasteiger partial charge in [-0.3, -0.25) is 4.79 Å². The second kappa shape index (κ2) is 6.09. The molecule has 1 unspecified atom stereocenters. The first-order valence-electron chi connectivity index (χ1n) is 7.29. The van der Waals surface area contributed by atoms with Crippen LogP contribution in [0.15, 0.2) is 18.2 Å². The van der Waals surface area contributed by atoms with E-state index >= 15 is 0 Å². The van der Waals surface area contributed by atoms with Crippen molar-refractivity contribution in [2.45, 2.75) is 46.1 Å². The van der Waals surface area contributed by atoms with Crippen molar-refractivity contribution in [3.05, 3.63) is 29.3 Å². The van der Waals surface area contributed by atoms with E-state index < -0.39 is 0 Å². The number of benzene rings is 1. The molecule has 2 rings (SSSR count). The average molecular weight is 260 g/mol. The van der Waals surface area contributed by atoms with Crippen LogP contribution in [0.2, 0.25) is 0 Å². The third kappa shape index (κ3) is 3.09. The second-order valence-electron chi connectivity index (χ2n) is 5.47. The Morgan fingerprint density at radius 1 is 1.47 bits per heavy atom. The summed E-state index contributed by atoms with van der Waals surface area (Å²) in [6, 6.07) is 6.42. The quantitative estimate of drug-likeness (QED) is 0.899. The Kier molecular flexibility index (Phi) is 4.46. The van der Waals surface area contributed by atoms with Crippen molar-refractivity contribution >= 4 is 11.6 Å². The summed E-state index contributed by atoms with van der Waals surface area (Å²) in [6.07, 6.45) is 3.30. The fourth-order valence-electron chi connectivity index (χ4n) is 2.64. The van der Waals surface area contributed by atoms with Crippen LogP contribution in [0.4, 0.5) is 5.69 Å². The van der Waals surface area contributed by atoms with Crippen LogP contribution in [0.3, 0.4) is 0 Å². The number of carbonyl (C=O) groups is 1. The maximum Gasteiger partial charge on any atom is 0.256 e. The van der Waals surface area contributed by atoms with E-state index in [1.807, 2.05) is 17.0 Å². The number of nitrogens with one attached hydrogen (secondary N) is 1. The fraction of sp³-hybridized carbons (Fsp3) is 0.562. The number of amides is 1. The Bertz CT molecular complexity index is 456. The van der Waals surface area contributed by atoms with Gasteiger partial charge in [-0.2, -0.15) is 0 Å². The van der Waals surface area contributed by atoms with E-state index in [2.05, 4.69) is 32.2 Å². The fourth-order valence-corrected chi connectivity index (χ4v) is 2.64. The molecule has 1 heterocycles. The van der Waals surface area contributed by atoms with Gasteiger partial charge in [-0.05, 0) is 50.8 Å². The minimum atomic E-state index is 0.170. The van der Waals surface area contributed by atoms with E-state index in [4.69, 9.17) is 0 Å². The van der Waals surface area contributed by atoms with Crippen molar-refractivity contribution in [1.82, 2.24) is 4.90 Å². The molecule has 1 fully saturated rings. The first-order chi connectivity index (χ1) is 9.13. The molecule has 3 nitrogen and oxygen atoms in total. The molecule has 3 heteroatoms. The van der Waals surface area contributed by atoms with Crippen LogP contribution in [-0.4, -0.2) is 29.9 Å². The Balaban J connectivity index is 2.24. The Morgan fingerprint density at radius 2 is 2.26 bits per heavy atom. The van der Waals surface area contributed by atoms with Crippen molar-refractivity contribution in [1.29, 1.82) is 0 Å². The van der Waals surface area contributed by atoms with E-state index in [9.17, 15) is 4.79 Å². The number of anilines is 1. The summed E-state index contributed by atoms with van der Waals surface area (Å²) in [4.78, 5) is 14.6. The van der Waals surface area contributed by atoms with Crippen molar-refractivity contribution in [3.63, 3.8) is 0 Å². The maximum atomic E-state index is 12.6. The predicted octanol–water partition coefficient (Wildman–Crippen LogP) is 3.44. The Labute approximate surface area is 116 Å². The van der Waals surface area contributed by atoms with Crippen LogP contribution < -0.4 is 5.32 Å². The van der Waals surface area contributed by atoms with Crippen LogP contribution >= 0.6 is 0 Å². The zero-order valence-corrected chi connectivity index (χ0v) is 12.2. The van der Waals surface area contributed by atoms with E-state index in [0.29, 0.717) is 6.04 Å². The smallest absolute Gasteiger partial charge is 0.256 e. The lowest BCUT2D eigenvalue weighted by molar-refractivity contribution is 0.0748. The van der Waals surface area contributed by atoms with Gasteiger partial charge in [0.15, 0.2) is 0 Å². The highest BCUT2D eigenvalue weighted by molar-refractivity contribution is 6.00. The SMILES string of the molecule is CCCNc1cc(C)ccc1C(=O)N1CCCC1C.